The Morgan fingerprint density at radius 1 is 1.65 bits per heavy atom. The first-order valence-corrected chi connectivity index (χ1v) is 5.59. The highest BCUT2D eigenvalue weighted by Crippen LogP contribution is 2.04. The summed E-state index contributed by atoms with van der Waals surface area (Å²) in [6.45, 7) is 0.614. The van der Waals surface area contributed by atoms with Crippen LogP contribution in [0.1, 0.15) is 16.9 Å². The second-order valence-corrected chi connectivity index (χ2v) is 3.89. The maximum Gasteiger partial charge on any atom is 0.269 e. The quantitative estimate of drug-likeness (QED) is 0.743. The fourth-order valence-corrected chi connectivity index (χ4v) is 1.42. The Hall–Kier alpha value is -1.17. The molecule has 1 rings (SSSR count). The van der Waals surface area contributed by atoms with E-state index in [4.69, 9.17) is 16.3 Å². The SMILES string of the molecule is COCC(O)CCNC(=O)c1cccc(Cl)n1. The number of aliphatic hydroxyl groups excluding tert-OH is 1. The van der Waals surface area contributed by atoms with Crippen LogP contribution in [0.2, 0.25) is 5.15 Å². The maximum absolute atomic E-state index is 11.6. The number of carbonyl (C=O) groups excluding carboxylic acids is 1. The molecule has 1 atom stereocenters. The van der Waals surface area contributed by atoms with E-state index in [1.54, 1.807) is 18.2 Å². The monoisotopic (exact) mass is 258 g/mol. The topological polar surface area (TPSA) is 71.5 Å². The summed E-state index contributed by atoms with van der Waals surface area (Å²) in [5.41, 5.74) is 0.263. The molecule has 0 aliphatic heterocycles. The van der Waals surface area contributed by atoms with Crippen LogP contribution >= 0.6 is 11.6 Å². The lowest BCUT2D eigenvalue weighted by atomic mass is 10.2. The molecule has 0 radical (unpaired) electrons. The molecule has 0 aliphatic carbocycles. The summed E-state index contributed by atoms with van der Waals surface area (Å²) < 4.78 is 4.77. The highest BCUT2D eigenvalue weighted by molar-refractivity contribution is 6.29. The lowest BCUT2D eigenvalue weighted by Gasteiger charge is -2.09. The fourth-order valence-electron chi connectivity index (χ4n) is 1.25. The Morgan fingerprint density at radius 2 is 2.41 bits per heavy atom. The first-order chi connectivity index (χ1) is 8.13. The van der Waals surface area contributed by atoms with Gasteiger partial charge in [-0.3, -0.25) is 4.79 Å². The first kappa shape index (κ1) is 13.9. The van der Waals surface area contributed by atoms with Gasteiger partial charge in [-0.25, -0.2) is 4.98 Å². The Balaban J connectivity index is 2.35. The van der Waals surface area contributed by atoms with Crippen molar-refractivity contribution in [1.29, 1.82) is 0 Å². The van der Waals surface area contributed by atoms with Crippen LogP contribution in [-0.4, -0.2) is 42.4 Å². The van der Waals surface area contributed by atoms with Crippen molar-refractivity contribution in [1.82, 2.24) is 10.3 Å². The summed E-state index contributed by atoms with van der Waals surface area (Å²) in [7, 11) is 1.51. The normalized spacial score (nSPS) is 12.2. The molecule has 0 saturated carbocycles. The van der Waals surface area contributed by atoms with Gasteiger partial charge in [-0.15, -0.1) is 0 Å². The number of hydrogen-bond donors (Lipinski definition) is 2. The number of rotatable bonds is 6. The molecule has 1 aromatic heterocycles. The van der Waals surface area contributed by atoms with Gasteiger partial charge in [0.2, 0.25) is 0 Å². The van der Waals surface area contributed by atoms with Crippen molar-refractivity contribution in [2.45, 2.75) is 12.5 Å². The smallest absolute Gasteiger partial charge is 0.269 e. The second kappa shape index (κ2) is 7.21. The lowest BCUT2D eigenvalue weighted by Crippen LogP contribution is -2.29. The Labute approximate surface area is 105 Å². The zero-order chi connectivity index (χ0) is 12.7. The van der Waals surface area contributed by atoms with Crippen LogP contribution in [0.15, 0.2) is 18.2 Å². The van der Waals surface area contributed by atoms with E-state index in [1.165, 1.54) is 7.11 Å². The third-order valence-corrected chi connectivity index (χ3v) is 2.28. The van der Waals surface area contributed by atoms with Crippen molar-refractivity contribution in [3.05, 3.63) is 29.0 Å². The number of aliphatic hydroxyl groups is 1. The molecule has 6 heteroatoms. The van der Waals surface area contributed by atoms with Gasteiger partial charge in [0.25, 0.3) is 5.91 Å². The highest BCUT2D eigenvalue weighted by Gasteiger charge is 2.08. The van der Waals surface area contributed by atoms with Crippen molar-refractivity contribution in [2.75, 3.05) is 20.3 Å². The Kier molecular flexibility index (Phi) is 5.90. The van der Waals surface area contributed by atoms with E-state index in [9.17, 15) is 9.90 Å². The van der Waals surface area contributed by atoms with Gasteiger partial charge >= 0.3 is 0 Å². The van der Waals surface area contributed by atoms with Crippen LogP contribution in [-0.2, 0) is 4.74 Å². The van der Waals surface area contributed by atoms with Crippen LogP contribution in [0.3, 0.4) is 0 Å². The van der Waals surface area contributed by atoms with Crippen molar-refractivity contribution >= 4 is 17.5 Å². The fraction of sp³-hybridized carbons (Fsp3) is 0.455. The molecule has 94 valence electrons. The zero-order valence-electron chi connectivity index (χ0n) is 9.52. The first-order valence-electron chi connectivity index (χ1n) is 5.21. The predicted molar refractivity (Wildman–Crippen MR) is 64.1 cm³/mol. The summed E-state index contributed by atoms with van der Waals surface area (Å²) in [6, 6.07) is 4.83. The average Bonchev–Trinajstić information content (AvgIpc) is 2.29. The van der Waals surface area contributed by atoms with Crippen LogP contribution in [0, 0.1) is 0 Å². The van der Waals surface area contributed by atoms with Gasteiger partial charge in [-0.1, -0.05) is 17.7 Å². The van der Waals surface area contributed by atoms with Gasteiger partial charge in [0.1, 0.15) is 10.8 Å². The Morgan fingerprint density at radius 3 is 3.06 bits per heavy atom. The summed E-state index contributed by atoms with van der Waals surface area (Å²) in [5, 5.41) is 12.3. The molecule has 17 heavy (non-hydrogen) atoms. The molecular formula is C11H15ClN2O3. The van der Waals surface area contributed by atoms with E-state index in [-0.39, 0.29) is 23.4 Å². The third kappa shape index (κ3) is 5.12. The number of nitrogens with zero attached hydrogens (tertiary/aromatic N) is 1. The van der Waals surface area contributed by atoms with Crippen molar-refractivity contribution in [3.63, 3.8) is 0 Å². The molecule has 0 fully saturated rings. The molecule has 0 saturated heterocycles. The third-order valence-electron chi connectivity index (χ3n) is 2.07. The standard InChI is InChI=1S/C11H15ClN2O3/c1-17-7-8(15)5-6-13-11(16)9-3-2-4-10(12)14-9/h2-4,8,15H,5-7H2,1H3,(H,13,16). The minimum absolute atomic E-state index is 0.255. The molecule has 5 nitrogen and oxygen atoms in total. The number of ether oxygens (including phenoxy) is 1. The minimum Gasteiger partial charge on any atom is -0.391 e. The number of hydrogen-bond acceptors (Lipinski definition) is 4. The molecule has 2 N–H and O–H groups in total. The predicted octanol–water partition coefficient (Wildman–Crippen LogP) is 0.862. The molecule has 0 aromatic carbocycles. The van der Waals surface area contributed by atoms with Crippen LogP contribution in [0.5, 0.6) is 0 Å². The molecule has 1 unspecified atom stereocenters. The van der Waals surface area contributed by atoms with Crippen molar-refractivity contribution < 1.29 is 14.6 Å². The number of nitrogens with one attached hydrogen (secondary N) is 1. The highest BCUT2D eigenvalue weighted by atomic mass is 35.5. The average molecular weight is 259 g/mol. The zero-order valence-corrected chi connectivity index (χ0v) is 10.3. The number of halogens is 1. The van der Waals surface area contributed by atoms with Crippen molar-refractivity contribution in [3.8, 4) is 0 Å². The van der Waals surface area contributed by atoms with Gasteiger partial charge < -0.3 is 15.2 Å². The number of aromatic nitrogens is 1. The summed E-state index contributed by atoms with van der Waals surface area (Å²) >= 11 is 5.67. The second-order valence-electron chi connectivity index (χ2n) is 3.50. The van der Waals surface area contributed by atoms with E-state index >= 15 is 0 Å². The van der Waals surface area contributed by atoms with E-state index in [2.05, 4.69) is 10.3 Å². The summed E-state index contributed by atoms with van der Waals surface area (Å²) in [4.78, 5) is 15.5. The molecule has 1 heterocycles. The number of pyridine rings is 1. The molecular weight excluding hydrogens is 244 g/mol. The van der Waals surface area contributed by atoms with E-state index in [0.29, 0.717) is 13.0 Å². The van der Waals surface area contributed by atoms with E-state index in [0.717, 1.165) is 0 Å². The van der Waals surface area contributed by atoms with Crippen LogP contribution in [0.4, 0.5) is 0 Å². The number of carbonyl (C=O) groups is 1. The lowest BCUT2D eigenvalue weighted by molar-refractivity contribution is 0.0587. The van der Waals surface area contributed by atoms with E-state index in [1.807, 2.05) is 0 Å². The summed E-state index contributed by atoms with van der Waals surface area (Å²) in [6.07, 6.45) is -0.146. The van der Waals surface area contributed by atoms with Gasteiger partial charge in [-0.05, 0) is 18.6 Å². The van der Waals surface area contributed by atoms with Gasteiger partial charge in [0, 0.05) is 13.7 Å². The van der Waals surface area contributed by atoms with Crippen LogP contribution in [0.25, 0.3) is 0 Å². The molecule has 1 amide bonds. The number of methoxy groups -OCH3 is 1. The summed E-state index contributed by atoms with van der Waals surface area (Å²) in [5.74, 6) is -0.308. The maximum atomic E-state index is 11.6. The minimum atomic E-state index is -0.576. The molecule has 1 aromatic rings. The number of amides is 1. The van der Waals surface area contributed by atoms with Crippen LogP contribution < -0.4 is 5.32 Å². The molecule has 0 spiro atoms. The van der Waals surface area contributed by atoms with E-state index < -0.39 is 6.10 Å². The van der Waals surface area contributed by atoms with Gasteiger partial charge in [-0.2, -0.15) is 0 Å². The van der Waals surface area contributed by atoms with Gasteiger partial charge in [0.15, 0.2) is 0 Å². The van der Waals surface area contributed by atoms with Crippen molar-refractivity contribution in [2.24, 2.45) is 0 Å². The molecule has 0 aliphatic rings. The van der Waals surface area contributed by atoms with Gasteiger partial charge in [0.05, 0.1) is 12.7 Å². The Bertz CT molecular complexity index is 373. The largest absolute Gasteiger partial charge is 0.391 e. The molecule has 0 bridgehead atoms.